The van der Waals surface area contributed by atoms with Crippen LogP contribution in [0.4, 0.5) is 11.5 Å². The van der Waals surface area contributed by atoms with E-state index < -0.39 is 0 Å². The number of carbonyl (C=O) groups is 1. The van der Waals surface area contributed by atoms with Crippen LogP contribution in [0.1, 0.15) is 16.1 Å². The summed E-state index contributed by atoms with van der Waals surface area (Å²) in [6.07, 6.45) is 3.29. The molecule has 6 heteroatoms. The van der Waals surface area contributed by atoms with E-state index in [4.69, 9.17) is 5.73 Å². The van der Waals surface area contributed by atoms with Gasteiger partial charge in [-0.15, -0.1) is 0 Å². The normalized spacial score (nSPS) is 10.1. The van der Waals surface area contributed by atoms with Crippen LogP contribution in [0.5, 0.6) is 0 Å². The molecule has 6 nitrogen and oxygen atoms in total. The van der Waals surface area contributed by atoms with Crippen LogP contribution in [0.2, 0.25) is 0 Å². The summed E-state index contributed by atoms with van der Waals surface area (Å²) in [6, 6.07) is 3.21. The van der Waals surface area contributed by atoms with E-state index in [2.05, 4.69) is 20.5 Å². The summed E-state index contributed by atoms with van der Waals surface area (Å²) in [5.74, 6) is 0.00935. The molecule has 0 bridgehead atoms. The van der Waals surface area contributed by atoms with Crippen molar-refractivity contribution in [3.05, 3.63) is 35.8 Å². The van der Waals surface area contributed by atoms with Gasteiger partial charge in [0.2, 0.25) is 0 Å². The van der Waals surface area contributed by atoms with E-state index in [0.29, 0.717) is 11.4 Å². The number of pyridine rings is 1. The van der Waals surface area contributed by atoms with E-state index >= 15 is 0 Å². The van der Waals surface area contributed by atoms with Crippen molar-refractivity contribution in [1.82, 2.24) is 15.2 Å². The zero-order valence-corrected chi connectivity index (χ0v) is 8.69. The highest BCUT2D eigenvalue weighted by atomic mass is 16.1. The van der Waals surface area contributed by atoms with Gasteiger partial charge < -0.3 is 11.1 Å². The lowest BCUT2D eigenvalue weighted by Crippen LogP contribution is -2.13. The quantitative estimate of drug-likeness (QED) is 0.697. The topological polar surface area (TPSA) is 96.7 Å². The molecular weight excluding hydrogens is 206 g/mol. The van der Waals surface area contributed by atoms with Gasteiger partial charge in [-0.1, -0.05) is 0 Å². The number of aromatic nitrogens is 3. The molecule has 0 aromatic carbocycles. The SMILES string of the molecule is Cc1cnccc1NC(=O)c1cc(N)n[nH]1. The Balaban J connectivity index is 2.17. The molecule has 0 unspecified atom stereocenters. The summed E-state index contributed by atoms with van der Waals surface area (Å²) in [5, 5.41) is 8.96. The van der Waals surface area contributed by atoms with Crippen LogP contribution in [0.3, 0.4) is 0 Å². The number of H-pyrrole nitrogens is 1. The fraction of sp³-hybridized carbons (Fsp3) is 0.100. The summed E-state index contributed by atoms with van der Waals surface area (Å²) >= 11 is 0. The zero-order valence-electron chi connectivity index (χ0n) is 8.69. The van der Waals surface area contributed by atoms with Crippen LogP contribution in [0.15, 0.2) is 24.5 Å². The van der Waals surface area contributed by atoms with E-state index in [1.807, 2.05) is 6.92 Å². The summed E-state index contributed by atoms with van der Waals surface area (Å²) in [7, 11) is 0. The first kappa shape index (κ1) is 10.2. The van der Waals surface area contributed by atoms with Gasteiger partial charge in [0.25, 0.3) is 5.91 Å². The van der Waals surface area contributed by atoms with Gasteiger partial charge in [0, 0.05) is 24.1 Å². The van der Waals surface area contributed by atoms with Crippen molar-refractivity contribution in [1.29, 1.82) is 0 Å². The Morgan fingerprint density at radius 1 is 1.56 bits per heavy atom. The molecule has 16 heavy (non-hydrogen) atoms. The third-order valence-electron chi connectivity index (χ3n) is 2.11. The predicted octanol–water partition coefficient (Wildman–Crippen LogP) is 0.948. The fourth-order valence-electron chi connectivity index (χ4n) is 1.26. The maximum absolute atomic E-state index is 11.7. The number of rotatable bonds is 2. The van der Waals surface area contributed by atoms with E-state index in [1.165, 1.54) is 6.07 Å². The highest BCUT2D eigenvalue weighted by Crippen LogP contribution is 2.13. The molecule has 2 aromatic rings. The molecule has 0 aliphatic heterocycles. The fourth-order valence-corrected chi connectivity index (χ4v) is 1.26. The Morgan fingerprint density at radius 2 is 2.38 bits per heavy atom. The van der Waals surface area contributed by atoms with Crippen molar-refractivity contribution < 1.29 is 4.79 Å². The molecule has 2 heterocycles. The second-order valence-corrected chi connectivity index (χ2v) is 3.35. The minimum Gasteiger partial charge on any atom is -0.382 e. The van der Waals surface area contributed by atoms with Crippen LogP contribution in [0, 0.1) is 6.92 Å². The molecule has 0 spiro atoms. The predicted molar refractivity (Wildman–Crippen MR) is 59.9 cm³/mol. The Kier molecular flexibility index (Phi) is 2.55. The number of aromatic amines is 1. The standard InChI is InChI=1S/C10H11N5O/c1-6-5-12-3-2-7(6)13-10(16)8-4-9(11)15-14-8/h2-5H,1H3,(H3,11,14,15)(H,12,13,16). The van der Waals surface area contributed by atoms with Gasteiger partial charge in [0.15, 0.2) is 0 Å². The van der Waals surface area contributed by atoms with Crippen LogP contribution < -0.4 is 11.1 Å². The molecule has 1 amide bonds. The van der Waals surface area contributed by atoms with Gasteiger partial charge in [-0.2, -0.15) is 5.10 Å². The molecule has 0 aliphatic carbocycles. The first-order valence-electron chi connectivity index (χ1n) is 4.69. The van der Waals surface area contributed by atoms with Gasteiger partial charge in [-0.3, -0.25) is 14.9 Å². The van der Waals surface area contributed by atoms with Gasteiger partial charge in [0.1, 0.15) is 11.5 Å². The van der Waals surface area contributed by atoms with E-state index in [-0.39, 0.29) is 11.7 Å². The zero-order chi connectivity index (χ0) is 11.5. The van der Waals surface area contributed by atoms with Gasteiger partial charge >= 0.3 is 0 Å². The molecule has 0 aliphatic rings. The number of nitrogens with one attached hydrogen (secondary N) is 2. The lowest BCUT2D eigenvalue weighted by molar-refractivity contribution is 0.102. The summed E-state index contributed by atoms with van der Waals surface area (Å²) < 4.78 is 0. The first-order valence-corrected chi connectivity index (χ1v) is 4.69. The van der Waals surface area contributed by atoms with E-state index in [0.717, 1.165) is 5.56 Å². The third kappa shape index (κ3) is 2.00. The second kappa shape index (κ2) is 4.01. The summed E-state index contributed by atoms with van der Waals surface area (Å²) in [6.45, 7) is 1.87. The van der Waals surface area contributed by atoms with Crippen LogP contribution in [-0.4, -0.2) is 21.1 Å². The third-order valence-corrected chi connectivity index (χ3v) is 2.11. The molecule has 0 radical (unpaired) electrons. The van der Waals surface area contributed by atoms with Crippen LogP contribution >= 0.6 is 0 Å². The van der Waals surface area contributed by atoms with Crippen molar-refractivity contribution in [3.8, 4) is 0 Å². The number of nitrogens with two attached hydrogens (primary N) is 1. The molecule has 0 atom stereocenters. The average molecular weight is 217 g/mol. The number of carbonyl (C=O) groups excluding carboxylic acids is 1. The average Bonchev–Trinajstić information content (AvgIpc) is 2.68. The second-order valence-electron chi connectivity index (χ2n) is 3.35. The first-order chi connectivity index (χ1) is 7.66. The van der Waals surface area contributed by atoms with Crippen molar-refractivity contribution in [2.24, 2.45) is 0 Å². The molecular formula is C10H11N5O. The summed E-state index contributed by atoms with van der Waals surface area (Å²) in [4.78, 5) is 15.7. The number of aryl methyl sites for hydroxylation is 1. The van der Waals surface area contributed by atoms with Crippen molar-refractivity contribution >= 4 is 17.4 Å². The van der Waals surface area contributed by atoms with Crippen molar-refractivity contribution in [3.63, 3.8) is 0 Å². The number of amides is 1. The molecule has 2 aromatic heterocycles. The number of nitrogens with zero attached hydrogens (tertiary/aromatic N) is 2. The maximum Gasteiger partial charge on any atom is 0.273 e. The minimum atomic E-state index is -0.279. The highest BCUT2D eigenvalue weighted by Gasteiger charge is 2.09. The molecule has 0 saturated carbocycles. The molecule has 0 fully saturated rings. The van der Waals surface area contributed by atoms with Crippen LogP contribution in [-0.2, 0) is 0 Å². The van der Waals surface area contributed by atoms with Crippen LogP contribution in [0.25, 0.3) is 0 Å². The largest absolute Gasteiger partial charge is 0.382 e. The minimum absolute atomic E-state index is 0.279. The smallest absolute Gasteiger partial charge is 0.273 e. The number of hydrogen-bond acceptors (Lipinski definition) is 4. The van der Waals surface area contributed by atoms with Gasteiger partial charge in [-0.05, 0) is 18.6 Å². The number of anilines is 2. The number of hydrogen-bond donors (Lipinski definition) is 3. The molecule has 2 rings (SSSR count). The van der Waals surface area contributed by atoms with E-state index in [9.17, 15) is 4.79 Å². The van der Waals surface area contributed by atoms with Gasteiger partial charge in [0.05, 0.1) is 0 Å². The molecule has 0 saturated heterocycles. The molecule has 4 N–H and O–H groups in total. The van der Waals surface area contributed by atoms with E-state index in [1.54, 1.807) is 18.5 Å². The van der Waals surface area contributed by atoms with Crippen molar-refractivity contribution in [2.45, 2.75) is 6.92 Å². The Labute approximate surface area is 91.9 Å². The van der Waals surface area contributed by atoms with Gasteiger partial charge in [-0.25, -0.2) is 0 Å². The Hall–Kier alpha value is -2.37. The summed E-state index contributed by atoms with van der Waals surface area (Å²) in [5.41, 5.74) is 7.34. The highest BCUT2D eigenvalue weighted by molar-refractivity contribution is 6.03. The van der Waals surface area contributed by atoms with Crippen molar-refractivity contribution in [2.75, 3.05) is 11.1 Å². The Bertz CT molecular complexity index is 519. The lowest BCUT2D eigenvalue weighted by Gasteiger charge is -2.05. The Morgan fingerprint density at radius 3 is 3.00 bits per heavy atom. The maximum atomic E-state index is 11.7. The monoisotopic (exact) mass is 217 g/mol. The molecule has 82 valence electrons. The number of nitrogen functional groups attached to an aromatic ring is 1. The lowest BCUT2D eigenvalue weighted by atomic mass is 10.2.